The summed E-state index contributed by atoms with van der Waals surface area (Å²) in [7, 11) is -3.13. The second-order valence-electron chi connectivity index (χ2n) is 2.64. The maximum Gasteiger partial charge on any atom is 0.209 e. The van der Waals surface area contributed by atoms with Crippen LogP contribution in [0.3, 0.4) is 0 Å². The van der Waals surface area contributed by atoms with Crippen LogP contribution in [-0.2, 0) is 10.0 Å². The van der Waals surface area contributed by atoms with Crippen LogP contribution in [0.2, 0.25) is 0 Å². The molecule has 0 heterocycles. The summed E-state index contributed by atoms with van der Waals surface area (Å²) in [6.45, 7) is 0. The van der Waals surface area contributed by atoms with Gasteiger partial charge >= 0.3 is 0 Å². The second-order valence-corrected chi connectivity index (χ2v) is 4.42. The first-order valence-corrected chi connectivity index (χ1v) is 5.03. The molecule has 1 saturated carbocycles. The lowest BCUT2D eigenvalue weighted by Crippen LogP contribution is -2.49. The van der Waals surface area contributed by atoms with Crippen LogP contribution in [0.25, 0.3) is 0 Å². The zero-order chi connectivity index (χ0) is 7.78. The van der Waals surface area contributed by atoms with E-state index >= 15 is 0 Å². The number of hydrogen-bond acceptors (Lipinski definition) is 3. The Morgan fingerprint density at radius 2 is 2.10 bits per heavy atom. The molecule has 1 aliphatic rings. The Bertz CT molecular complexity index is 211. The summed E-state index contributed by atoms with van der Waals surface area (Å²) in [5.74, 6) is 0. The molecule has 5 heteroatoms. The fourth-order valence-corrected chi connectivity index (χ4v) is 1.72. The minimum Gasteiger partial charge on any atom is -0.391 e. The Morgan fingerprint density at radius 3 is 2.20 bits per heavy atom. The van der Waals surface area contributed by atoms with Gasteiger partial charge in [-0.2, -0.15) is 0 Å². The van der Waals surface area contributed by atoms with Crippen molar-refractivity contribution in [1.29, 1.82) is 0 Å². The number of nitrogens with one attached hydrogen (secondary N) is 1. The number of sulfonamides is 1. The van der Waals surface area contributed by atoms with Crippen molar-refractivity contribution in [3.63, 3.8) is 0 Å². The summed E-state index contributed by atoms with van der Waals surface area (Å²) < 4.78 is 23.4. The van der Waals surface area contributed by atoms with Crippen LogP contribution in [-0.4, -0.2) is 31.9 Å². The van der Waals surface area contributed by atoms with Crippen LogP contribution >= 0.6 is 0 Å². The molecule has 2 N–H and O–H groups in total. The molecule has 4 nitrogen and oxygen atoms in total. The molecule has 0 saturated heterocycles. The van der Waals surface area contributed by atoms with E-state index in [1.807, 2.05) is 0 Å². The number of rotatable bonds is 2. The van der Waals surface area contributed by atoms with Gasteiger partial charge in [0.25, 0.3) is 0 Å². The van der Waals surface area contributed by atoms with E-state index in [9.17, 15) is 8.42 Å². The average Bonchev–Trinajstić information content (AvgIpc) is 1.78. The van der Waals surface area contributed by atoms with Gasteiger partial charge in [-0.15, -0.1) is 0 Å². The largest absolute Gasteiger partial charge is 0.391 e. The van der Waals surface area contributed by atoms with Gasteiger partial charge in [0.15, 0.2) is 0 Å². The lowest BCUT2D eigenvalue weighted by Gasteiger charge is -2.31. The Kier molecular flexibility index (Phi) is 1.98. The summed E-state index contributed by atoms with van der Waals surface area (Å²) >= 11 is 0. The van der Waals surface area contributed by atoms with Crippen LogP contribution < -0.4 is 4.72 Å². The molecule has 0 aliphatic heterocycles. The molecule has 1 aliphatic carbocycles. The van der Waals surface area contributed by atoms with Gasteiger partial charge in [0, 0.05) is 6.04 Å². The lowest BCUT2D eigenvalue weighted by atomic mass is 9.90. The van der Waals surface area contributed by atoms with Crippen LogP contribution in [0.1, 0.15) is 12.8 Å². The molecule has 60 valence electrons. The van der Waals surface area contributed by atoms with E-state index < -0.39 is 16.1 Å². The zero-order valence-electron chi connectivity index (χ0n) is 5.74. The molecular weight excluding hydrogens is 154 g/mol. The van der Waals surface area contributed by atoms with Gasteiger partial charge in [-0.25, -0.2) is 13.1 Å². The molecule has 0 aromatic rings. The highest BCUT2D eigenvalue weighted by molar-refractivity contribution is 7.88. The van der Waals surface area contributed by atoms with E-state index in [1.54, 1.807) is 0 Å². The topological polar surface area (TPSA) is 66.4 Å². The molecule has 0 radical (unpaired) electrons. The normalized spacial score (nSPS) is 33.4. The predicted octanol–water partition coefficient (Wildman–Crippen LogP) is -0.941. The quantitative estimate of drug-likeness (QED) is 0.555. The third-order valence-corrected chi connectivity index (χ3v) is 2.33. The standard InChI is InChI=1S/C5H11NO3S/c1-10(8,9)6-4-2-3-5(4)7/h4-7H,2-3H2,1H3. The Morgan fingerprint density at radius 1 is 1.50 bits per heavy atom. The molecule has 10 heavy (non-hydrogen) atoms. The van der Waals surface area contributed by atoms with Crippen molar-refractivity contribution >= 4 is 10.0 Å². The first-order chi connectivity index (χ1) is 4.49. The van der Waals surface area contributed by atoms with E-state index in [1.165, 1.54) is 0 Å². The Labute approximate surface area is 60.3 Å². The third kappa shape index (κ3) is 1.93. The third-order valence-electron chi connectivity index (χ3n) is 1.60. The van der Waals surface area contributed by atoms with Gasteiger partial charge in [0.1, 0.15) is 0 Å². The van der Waals surface area contributed by atoms with E-state index in [0.717, 1.165) is 12.7 Å². The highest BCUT2D eigenvalue weighted by Gasteiger charge is 2.30. The van der Waals surface area contributed by atoms with E-state index in [4.69, 9.17) is 5.11 Å². The van der Waals surface area contributed by atoms with Gasteiger partial charge in [-0.3, -0.25) is 0 Å². The predicted molar refractivity (Wildman–Crippen MR) is 37.0 cm³/mol. The smallest absolute Gasteiger partial charge is 0.209 e. The van der Waals surface area contributed by atoms with Crippen LogP contribution in [0.15, 0.2) is 0 Å². The highest BCUT2D eigenvalue weighted by Crippen LogP contribution is 2.19. The summed E-state index contributed by atoms with van der Waals surface area (Å²) in [4.78, 5) is 0. The minimum absolute atomic E-state index is 0.241. The van der Waals surface area contributed by atoms with E-state index in [2.05, 4.69) is 4.72 Å². The molecule has 0 amide bonds. The molecule has 0 bridgehead atoms. The maximum atomic E-state index is 10.6. The minimum atomic E-state index is -3.13. The number of aliphatic hydroxyl groups excluding tert-OH is 1. The van der Waals surface area contributed by atoms with Crippen molar-refractivity contribution in [1.82, 2.24) is 4.72 Å². The van der Waals surface area contributed by atoms with Crippen LogP contribution in [0.5, 0.6) is 0 Å². The molecule has 1 rings (SSSR count). The maximum absolute atomic E-state index is 10.6. The van der Waals surface area contributed by atoms with Crippen molar-refractivity contribution in [2.45, 2.75) is 25.0 Å². The molecule has 0 aromatic carbocycles. The summed E-state index contributed by atoms with van der Waals surface area (Å²) in [6.07, 6.45) is 2.06. The van der Waals surface area contributed by atoms with Gasteiger partial charge < -0.3 is 5.11 Å². The lowest BCUT2D eigenvalue weighted by molar-refractivity contribution is 0.0613. The Hall–Kier alpha value is -0.130. The van der Waals surface area contributed by atoms with Crippen LogP contribution in [0.4, 0.5) is 0 Å². The van der Waals surface area contributed by atoms with E-state index in [0.29, 0.717) is 6.42 Å². The summed E-state index contributed by atoms with van der Waals surface area (Å²) in [5.41, 5.74) is 0. The molecule has 2 atom stereocenters. The first kappa shape index (κ1) is 7.97. The highest BCUT2D eigenvalue weighted by atomic mass is 32.2. The van der Waals surface area contributed by atoms with Gasteiger partial charge in [0.05, 0.1) is 12.4 Å². The van der Waals surface area contributed by atoms with Gasteiger partial charge in [0.2, 0.25) is 10.0 Å². The number of aliphatic hydroxyl groups is 1. The fourth-order valence-electron chi connectivity index (χ4n) is 0.895. The van der Waals surface area contributed by atoms with Crippen molar-refractivity contribution < 1.29 is 13.5 Å². The molecular formula is C5H11NO3S. The molecule has 0 spiro atoms. The van der Waals surface area contributed by atoms with Crippen molar-refractivity contribution in [3.8, 4) is 0 Å². The van der Waals surface area contributed by atoms with Crippen molar-refractivity contribution in [2.24, 2.45) is 0 Å². The summed E-state index contributed by atoms with van der Waals surface area (Å²) in [6, 6.07) is -0.241. The first-order valence-electron chi connectivity index (χ1n) is 3.14. The Balaban J connectivity index is 2.40. The number of hydrogen-bond donors (Lipinski definition) is 2. The van der Waals surface area contributed by atoms with Crippen LogP contribution in [0, 0.1) is 0 Å². The van der Waals surface area contributed by atoms with Gasteiger partial charge in [-0.1, -0.05) is 0 Å². The molecule has 2 unspecified atom stereocenters. The van der Waals surface area contributed by atoms with Crippen molar-refractivity contribution in [2.75, 3.05) is 6.26 Å². The fraction of sp³-hybridized carbons (Fsp3) is 1.00. The van der Waals surface area contributed by atoms with Crippen molar-refractivity contribution in [3.05, 3.63) is 0 Å². The SMILES string of the molecule is CS(=O)(=O)NC1CCC1O. The monoisotopic (exact) mass is 165 g/mol. The average molecular weight is 165 g/mol. The van der Waals surface area contributed by atoms with Gasteiger partial charge in [-0.05, 0) is 12.8 Å². The molecule has 0 aromatic heterocycles. The summed E-state index contributed by atoms with van der Waals surface area (Å²) in [5, 5.41) is 8.94. The zero-order valence-corrected chi connectivity index (χ0v) is 6.56. The molecule has 1 fully saturated rings. The second kappa shape index (κ2) is 2.48. The van der Waals surface area contributed by atoms with E-state index in [-0.39, 0.29) is 6.04 Å².